The summed E-state index contributed by atoms with van der Waals surface area (Å²) < 4.78 is 0. The molecule has 0 aromatic rings. The van der Waals surface area contributed by atoms with Gasteiger partial charge in [-0.1, -0.05) is 0 Å². The highest BCUT2D eigenvalue weighted by atomic mass is 15.2. The summed E-state index contributed by atoms with van der Waals surface area (Å²) >= 11 is 0. The van der Waals surface area contributed by atoms with Gasteiger partial charge in [0.1, 0.15) is 0 Å². The molecule has 2 aliphatic rings. The molecule has 3 atom stereocenters. The van der Waals surface area contributed by atoms with Gasteiger partial charge in [0.25, 0.3) is 0 Å². The first-order valence-corrected chi connectivity index (χ1v) is 7.22. The van der Waals surface area contributed by atoms with Crippen LogP contribution in [0.2, 0.25) is 0 Å². The van der Waals surface area contributed by atoms with Gasteiger partial charge in [-0.25, -0.2) is 0 Å². The molecule has 2 saturated heterocycles. The zero-order chi connectivity index (χ0) is 12.3. The average Bonchev–Trinajstić information content (AvgIpc) is 2.73. The molecule has 0 aliphatic carbocycles. The Bertz CT molecular complexity index is 224. The molecule has 2 aliphatic heterocycles. The van der Waals surface area contributed by atoms with Crippen molar-refractivity contribution in [2.75, 3.05) is 47.3 Å². The monoisotopic (exact) mass is 239 g/mol. The molecule has 17 heavy (non-hydrogen) atoms. The maximum atomic E-state index is 3.55. The van der Waals surface area contributed by atoms with Crippen molar-refractivity contribution in [1.29, 1.82) is 0 Å². The van der Waals surface area contributed by atoms with Crippen molar-refractivity contribution < 1.29 is 0 Å². The molecular weight excluding hydrogens is 210 g/mol. The van der Waals surface area contributed by atoms with Gasteiger partial charge in [0, 0.05) is 12.6 Å². The SMILES string of the molecule is CN1CCC(C(CC2CCCNC2)N(C)C)C1. The quantitative estimate of drug-likeness (QED) is 0.797. The maximum absolute atomic E-state index is 3.55. The lowest BCUT2D eigenvalue weighted by atomic mass is 9.85. The number of likely N-dealkylation sites (tertiary alicyclic amines) is 1. The first-order valence-electron chi connectivity index (χ1n) is 7.22. The van der Waals surface area contributed by atoms with E-state index >= 15 is 0 Å². The predicted octanol–water partition coefficient (Wildman–Crippen LogP) is 1.26. The minimum atomic E-state index is 0.782. The molecule has 3 heteroatoms. The number of nitrogens with zero attached hydrogens (tertiary/aromatic N) is 2. The van der Waals surface area contributed by atoms with Crippen LogP contribution in [-0.4, -0.2) is 63.2 Å². The summed E-state index contributed by atoms with van der Waals surface area (Å²) in [7, 11) is 6.79. The van der Waals surface area contributed by atoms with Crippen LogP contribution in [0.25, 0.3) is 0 Å². The molecule has 0 radical (unpaired) electrons. The van der Waals surface area contributed by atoms with Gasteiger partial charge >= 0.3 is 0 Å². The molecule has 2 heterocycles. The first-order chi connectivity index (χ1) is 8.16. The Hall–Kier alpha value is -0.120. The van der Waals surface area contributed by atoms with E-state index in [2.05, 4.69) is 36.3 Å². The highest BCUT2D eigenvalue weighted by Gasteiger charge is 2.31. The van der Waals surface area contributed by atoms with Gasteiger partial charge in [-0.3, -0.25) is 0 Å². The Morgan fingerprint density at radius 2 is 2.18 bits per heavy atom. The van der Waals surface area contributed by atoms with Crippen molar-refractivity contribution >= 4 is 0 Å². The van der Waals surface area contributed by atoms with E-state index in [0.29, 0.717) is 0 Å². The third-order valence-corrected chi connectivity index (χ3v) is 4.61. The van der Waals surface area contributed by atoms with Crippen LogP contribution in [0.3, 0.4) is 0 Å². The first kappa shape index (κ1) is 13.3. The second-order valence-corrected chi connectivity index (χ2v) is 6.29. The lowest BCUT2D eigenvalue weighted by Crippen LogP contribution is -2.41. The largest absolute Gasteiger partial charge is 0.316 e. The topological polar surface area (TPSA) is 18.5 Å². The molecule has 2 fully saturated rings. The molecule has 0 aromatic heterocycles. The van der Waals surface area contributed by atoms with Gasteiger partial charge < -0.3 is 15.1 Å². The van der Waals surface area contributed by atoms with Crippen LogP contribution >= 0.6 is 0 Å². The summed E-state index contributed by atoms with van der Waals surface area (Å²) in [6.07, 6.45) is 5.58. The van der Waals surface area contributed by atoms with Gasteiger partial charge in [-0.05, 0) is 78.3 Å². The fourth-order valence-corrected chi connectivity index (χ4v) is 3.57. The molecule has 1 N–H and O–H groups in total. The van der Waals surface area contributed by atoms with Gasteiger partial charge in [-0.15, -0.1) is 0 Å². The molecule has 3 unspecified atom stereocenters. The molecular formula is C14H29N3. The highest BCUT2D eigenvalue weighted by Crippen LogP contribution is 2.27. The molecule has 0 spiro atoms. The van der Waals surface area contributed by atoms with E-state index in [-0.39, 0.29) is 0 Å². The Morgan fingerprint density at radius 1 is 1.35 bits per heavy atom. The second kappa shape index (κ2) is 6.17. The average molecular weight is 239 g/mol. The van der Waals surface area contributed by atoms with E-state index in [1.54, 1.807) is 0 Å². The van der Waals surface area contributed by atoms with Crippen LogP contribution in [0.1, 0.15) is 25.7 Å². The lowest BCUT2D eigenvalue weighted by molar-refractivity contribution is 0.164. The van der Waals surface area contributed by atoms with E-state index in [4.69, 9.17) is 0 Å². The van der Waals surface area contributed by atoms with Crippen LogP contribution in [0.15, 0.2) is 0 Å². The van der Waals surface area contributed by atoms with E-state index in [1.807, 2.05) is 0 Å². The molecule has 0 bridgehead atoms. The number of piperidine rings is 1. The molecule has 0 amide bonds. The van der Waals surface area contributed by atoms with Crippen molar-refractivity contribution in [3.63, 3.8) is 0 Å². The van der Waals surface area contributed by atoms with Gasteiger partial charge in [0.15, 0.2) is 0 Å². The Morgan fingerprint density at radius 3 is 2.71 bits per heavy atom. The minimum Gasteiger partial charge on any atom is -0.316 e. The zero-order valence-corrected chi connectivity index (χ0v) is 11.8. The summed E-state index contributed by atoms with van der Waals surface area (Å²) in [5.41, 5.74) is 0. The Labute approximate surface area is 107 Å². The molecule has 2 rings (SSSR count). The maximum Gasteiger partial charge on any atom is 0.0133 e. The summed E-state index contributed by atoms with van der Waals surface area (Å²) in [4.78, 5) is 4.96. The lowest BCUT2D eigenvalue weighted by Gasteiger charge is -2.34. The number of nitrogens with one attached hydrogen (secondary N) is 1. The van der Waals surface area contributed by atoms with Crippen LogP contribution in [0, 0.1) is 11.8 Å². The fourth-order valence-electron chi connectivity index (χ4n) is 3.57. The van der Waals surface area contributed by atoms with Crippen LogP contribution in [0.5, 0.6) is 0 Å². The Balaban J connectivity index is 1.87. The summed E-state index contributed by atoms with van der Waals surface area (Å²) in [6.45, 7) is 5.06. The van der Waals surface area contributed by atoms with Crippen molar-refractivity contribution in [2.45, 2.75) is 31.7 Å². The van der Waals surface area contributed by atoms with Crippen molar-refractivity contribution in [3.8, 4) is 0 Å². The minimum absolute atomic E-state index is 0.782. The predicted molar refractivity (Wildman–Crippen MR) is 73.3 cm³/mol. The molecule has 100 valence electrons. The summed E-state index contributed by atoms with van der Waals surface area (Å²) in [6, 6.07) is 0.782. The molecule has 3 nitrogen and oxygen atoms in total. The number of hydrogen-bond donors (Lipinski definition) is 1. The normalized spacial score (nSPS) is 33.2. The number of rotatable bonds is 4. The smallest absolute Gasteiger partial charge is 0.0133 e. The standard InChI is InChI=1S/C14H29N3/c1-16(2)14(13-6-8-17(3)11-13)9-12-5-4-7-15-10-12/h12-15H,4-11H2,1-3H3. The fraction of sp³-hybridized carbons (Fsp3) is 1.00. The molecule has 0 saturated carbocycles. The zero-order valence-electron chi connectivity index (χ0n) is 11.8. The van der Waals surface area contributed by atoms with Gasteiger partial charge in [0.05, 0.1) is 0 Å². The Kier molecular flexibility index (Phi) is 4.83. The number of hydrogen-bond acceptors (Lipinski definition) is 3. The van der Waals surface area contributed by atoms with Crippen LogP contribution in [0.4, 0.5) is 0 Å². The highest BCUT2D eigenvalue weighted by molar-refractivity contribution is 4.86. The molecule has 0 aromatic carbocycles. The third kappa shape index (κ3) is 3.67. The second-order valence-electron chi connectivity index (χ2n) is 6.29. The summed E-state index contributed by atoms with van der Waals surface area (Å²) in [5, 5.41) is 3.55. The van der Waals surface area contributed by atoms with E-state index in [0.717, 1.165) is 17.9 Å². The third-order valence-electron chi connectivity index (χ3n) is 4.61. The van der Waals surface area contributed by atoms with Crippen LogP contribution < -0.4 is 5.32 Å². The van der Waals surface area contributed by atoms with Crippen molar-refractivity contribution in [3.05, 3.63) is 0 Å². The van der Waals surface area contributed by atoms with Gasteiger partial charge in [-0.2, -0.15) is 0 Å². The van der Waals surface area contributed by atoms with Crippen molar-refractivity contribution in [1.82, 2.24) is 15.1 Å². The summed E-state index contributed by atoms with van der Waals surface area (Å²) in [5.74, 6) is 1.79. The van der Waals surface area contributed by atoms with E-state index < -0.39 is 0 Å². The van der Waals surface area contributed by atoms with Gasteiger partial charge in [0.2, 0.25) is 0 Å². The van der Waals surface area contributed by atoms with E-state index in [1.165, 1.54) is 51.9 Å². The van der Waals surface area contributed by atoms with Crippen molar-refractivity contribution in [2.24, 2.45) is 11.8 Å². The van der Waals surface area contributed by atoms with E-state index in [9.17, 15) is 0 Å². The van der Waals surface area contributed by atoms with Crippen LogP contribution in [-0.2, 0) is 0 Å².